The Labute approximate surface area is 114 Å². The molecule has 0 unspecified atom stereocenters. The molecule has 6 heteroatoms. The normalized spacial score (nSPS) is 40.2. The number of hydrogen-bond donors (Lipinski definition) is 0. The molecule has 102 valence electrons. The van der Waals surface area contributed by atoms with E-state index in [1.165, 1.54) is 0 Å². The molecular formula is C12H24O3Si3. The molecule has 18 heavy (non-hydrogen) atoms. The summed E-state index contributed by atoms with van der Waals surface area (Å²) in [6.45, 7) is 17.8. The molecule has 0 aliphatic carbocycles. The fraction of sp³-hybridized carbons (Fsp3) is 0.500. The predicted molar refractivity (Wildman–Crippen MR) is 83.1 cm³/mol. The standard InChI is InChI=1S/C12H24O3Si3/c1-7-10-16(4)13-17(5,11-8-2)15-18(6,14-16)12-9-3/h7-9H,1-3,10-12H2,4-6H3. The summed E-state index contributed by atoms with van der Waals surface area (Å²) >= 11 is 0. The number of hydrogen-bond acceptors (Lipinski definition) is 3. The molecule has 1 rings (SSSR count). The zero-order valence-electron chi connectivity index (χ0n) is 11.7. The molecule has 0 radical (unpaired) electrons. The van der Waals surface area contributed by atoms with E-state index < -0.39 is 25.7 Å². The van der Waals surface area contributed by atoms with Gasteiger partial charge >= 0.3 is 25.7 Å². The van der Waals surface area contributed by atoms with Gasteiger partial charge in [-0.25, -0.2) is 0 Å². The van der Waals surface area contributed by atoms with Crippen LogP contribution >= 0.6 is 0 Å². The van der Waals surface area contributed by atoms with Crippen LogP contribution in [0, 0.1) is 0 Å². The van der Waals surface area contributed by atoms with E-state index in [-0.39, 0.29) is 0 Å². The van der Waals surface area contributed by atoms with Crippen molar-refractivity contribution in [2.24, 2.45) is 0 Å². The molecule has 0 saturated carbocycles. The quantitative estimate of drug-likeness (QED) is 0.551. The summed E-state index contributed by atoms with van der Waals surface area (Å²) < 4.78 is 18.8. The number of allylic oxidation sites excluding steroid dienone is 3. The van der Waals surface area contributed by atoms with E-state index in [1.807, 2.05) is 18.2 Å². The molecular weight excluding hydrogens is 276 g/mol. The molecule has 0 amide bonds. The lowest BCUT2D eigenvalue weighted by molar-refractivity contribution is 0.229. The van der Waals surface area contributed by atoms with Gasteiger partial charge in [-0.1, -0.05) is 18.2 Å². The van der Waals surface area contributed by atoms with Gasteiger partial charge in [-0.05, 0) is 19.6 Å². The van der Waals surface area contributed by atoms with Crippen molar-refractivity contribution in [3.8, 4) is 0 Å². The van der Waals surface area contributed by atoms with Crippen LogP contribution in [0.1, 0.15) is 0 Å². The van der Waals surface area contributed by atoms with Crippen LogP contribution in [0.2, 0.25) is 37.8 Å². The highest BCUT2D eigenvalue weighted by Crippen LogP contribution is 2.36. The summed E-state index contributed by atoms with van der Waals surface area (Å²) in [5, 5.41) is 0. The monoisotopic (exact) mass is 300 g/mol. The van der Waals surface area contributed by atoms with E-state index in [2.05, 4.69) is 39.4 Å². The van der Waals surface area contributed by atoms with Gasteiger partial charge in [-0.2, -0.15) is 0 Å². The summed E-state index contributed by atoms with van der Waals surface area (Å²) in [4.78, 5) is 0. The van der Waals surface area contributed by atoms with Gasteiger partial charge in [0.15, 0.2) is 0 Å². The summed E-state index contributed by atoms with van der Waals surface area (Å²) in [6.07, 6.45) is 5.68. The van der Waals surface area contributed by atoms with Crippen LogP contribution in [0.4, 0.5) is 0 Å². The van der Waals surface area contributed by atoms with E-state index in [1.54, 1.807) is 0 Å². The van der Waals surface area contributed by atoms with Crippen molar-refractivity contribution < 1.29 is 12.3 Å². The molecule has 1 saturated heterocycles. The molecule has 1 fully saturated rings. The summed E-state index contributed by atoms with van der Waals surface area (Å²) in [7, 11) is -6.59. The Bertz CT molecular complexity index is 285. The van der Waals surface area contributed by atoms with Gasteiger partial charge in [0, 0.05) is 18.1 Å². The molecule has 0 aromatic carbocycles. The van der Waals surface area contributed by atoms with Crippen LogP contribution in [0.25, 0.3) is 0 Å². The number of rotatable bonds is 6. The maximum Gasteiger partial charge on any atom is 0.321 e. The topological polar surface area (TPSA) is 27.7 Å². The van der Waals surface area contributed by atoms with Crippen molar-refractivity contribution >= 4 is 25.7 Å². The molecule has 0 aromatic heterocycles. The van der Waals surface area contributed by atoms with Crippen LogP contribution in [0.15, 0.2) is 38.0 Å². The van der Waals surface area contributed by atoms with E-state index in [0.717, 1.165) is 18.1 Å². The summed E-state index contributed by atoms with van der Waals surface area (Å²) in [6, 6.07) is 2.40. The second-order valence-corrected chi connectivity index (χ2v) is 15.7. The first kappa shape index (κ1) is 15.8. The lowest BCUT2D eigenvalue weighted by atomic mass is 10.8. The Morgan fingerprint density at radius 2 is 0.889 bits per heavy atom. The maximum atomic E-state index is 6.28. The van der Waals surface area contributed by atoms with Crippen molar-refractivity contribution in [3.05, 3.63) is 38.0 Å². The Kier molecular flexibility index (Phi) is 5.10. The largest absolute Gasteiger partial charge is 0.415 e. The highest BCUT2D eigenvalue weighted by molar-refractivity contribution is 6.94. The van der Waals surface area contributed by atoms with Gasteiger partial charge < -0.3 is 12.3 Å². The molecule has 1 aliphatic rings. The van der Waals surface area contributed by atoms with Crippen LogP contribution in [0.5, 0.6) is 0 Å². The molecule has 1 heterocycles. The third-order valence-electron chi connectivity index (χ3n) is 2.84. The van der Waals surface area contributed by atoms with Gasteiger partial charge in [-0.3, -0.25) is 0 Å². The van der Waals surface area contributed by atoms with Crippen molar-refractivity contribution in [1.82, 2.24) is 0 Å². The Hall–Kier alpha value is -0.249. The second kappa shape index (κ2) is 5.81. The Morgan fingerprint density at radius 1 is 0.667 bits per heavy atom. The lowest BCUT2D eigenvalue weighted by Crippen LogP contribution is -2.67. The average Bonchev–Trinajstić information content (AvgIpc) is 2.14. The van der Waals surface area contributed by atoms with Gasteiger partial charge in [0.2, 0.25) is 0 Å². The van der Waals surface area contributed by atoms with Crippen molar-refractivity contribution in [2.45, 2.75) is 37.8 Å². The van der Waals surface area contributed by atoms with Crippen molar-refractivity contribution in [3.63, 3.8) is 0 Å². The molecule has 0 atom stereocenters. The highest BCUT2D eigenvalue weighted by Gasteiger charge is 2.55. The summed E-state index contributed by atoms with van der Waals surface area (Å²) in [5.41, 5.74) is 0. The van der Waals surface area contributed by atoms with Gasteiger partial charge in [-0.15, -0.1) is 19.7 Å². The Morgan fingerprint density at radius 3 is 1.06 bits per heavy atom. The van der Waals surface area contributed by atoms with Crippen molar-refractivity contribution in [2.75, 3.05) is 0 Å². The van der Waals surface area contributed by atoms with Crippen LogP contribution in [-0.4, -0.2) is 25.7 Å². The van der Waals surface area contributed by atoms with Crippen LogP contribution in [0.3, 0.4) is 0 Å². The minimum Gasteiger partial charge on any atom is -0.415 e. The zero-order valence-corrected chi connectivity index (χ0v) is 14.7. The molecule has 1 aliphatic heterocycles. The average molecular weight is 301 g/mol. The first-order chi connectivity index (χ1) is 8.30. The van der Waals surface area contributed by atoms with Gasteiger partial charge in [0.05, 0.1) is 0 Å². The van der Waals surface area contributed by atoms with E-state index in [0.29, 0.717) is 0 Å². The SMILES string of the molecule is C=CC[Si]1(C)O[Si](C)(CC=C)O[Si](C)(CC=C)O1. The fourth-order valence-corrected chi connectivity index (χ4v) is 18.6. The predicted octanol–water partition coefficient (Wildman–Crippen LogP) is 3.82. The molecule has 0 spiro atoms. The first-order valence-corrected chi connectivity index (χ1v) is 13.8. The highest BCUT2D eigenvalue weighted by atomic mass is 28.5. The van der Waals surface area contributed by atoms with Gasteiger partial charge in [0.1, 0.15) is 0 Å². The minimum atomic E-state index is -2.20. The van der Waals surface area contributed by atoms with E-state index in [9.17, 15) is 0 Å². The minimum absolute atomic E-state index is 0.801. The van der Waals surface area contributed by atoms with E-state index in [4.69, 9.17) is 12.3 Å². The molecule has 0 aromatic rings. The third kappa shape index (κ3) is 3.87. The molecule has 3 nitrogen and oxygen atoms in total. The molecule has 0 bridgehead atoms. The smallest absolute Gasteiger partial charge is 0.321 e. The third-order valence-corrected chi connectivity index (χ3v) is 16.3. The Balaban J connectivity index is 3.01. The van der Waals surface area contributed by atoms with Crippen LogP contribution in [-0.2, 0) is 12.3 Å². The summed E-state index contributed by atoms with van der Waals surface area (Å²) in [5.74, 6) is 0. The van der Waals surface area contributed by atoms with E-state index >= 15 is 0 Å². The zero-order chi connectivity index (χ0) is 13.9. The van der Waals surface area contributed by atoms with Crippen LogP contribution < -0.4 is 0 Å². The lowest BCUT2D eigenvalue weighted by Gasteiger charge is -2.49. The molecule has 0 N–H and O–H groups in total. The van der Waals surface area contributed by atoms with Gasteiger partial charge in [0.25, 0.3) is 0 Å². The second-order valence-electron chi connectivity index (χ2n) is 5.19. The first-order valence-electron chi connectivity index (χ1n) is 6.23. The van der Waals surface area contributed by atoms with Crippen molar-refractivity contribution in [1.29, 1.82) is 0 Å². The maximum absolute atomic E-state index is 6.28. The fourth-order valence-electron chi connectivity index (χ4n) is 2.47.